The van der Waals surface area contributed by atoms with E-state index in [4.69, 9.17) is 11.6 Å². The highest BCUT2D eigenvalue weighted by Gasteiger charge is 2.17. The van der Waals surface area contributed by atoms with Crippen LogP contribution in [-0.4, -0.2) is 7.05 Å². The molecule has 0 bridgehead atoms. The quantitative estimate of drug-likeness (QED) is 0.650. The standard InChI is InChI=1S/C18H21ClIN/c1-18(2,3)13-7-5-12(6-8-13)17(21-4)15-11-14(19)9-10-16(15)20/h5-11,17,21H,1-4H3. The predicted octanol–water partition coefficient (Wildman–Crippen LogP) is 5.55. The van der Waals surface area contributed by atoms with Crippen molar-refractivity contribution in [3.05, 3.63) is 67.7 Å². The van der Waals surface area contributed by atoms with Crippen LogP contribution in [0.4, 0.5) is 0 Å². The largest absolute Gasteiger partial charge is 0.309 e. The van der Waals surface area contributed by atoms with Gasteiger partial charge in [0, 0.05) is 8.59 Å². The Hall–Kier alpha value is -0.580. The molecule has 0 amide bonds. The van der Waals surface area contributed by atoms with Crippen LogP contribution in [0.25, 0.3) is 0 Å². The topological polar surface area (TPSA) is 12.0 Å². The molecule has 3 heteroatoms. The highest BCUT2D eigenvalue weighted by Crippen LogP contribution is 2.30. The summed E-state index contributed by atoms with van der Waals surface area (Å²) >= 11 is 8.52. The molecule has 0 spiro atoms. The first-order chi connectivity index (χ1) is 9.82. The first-order valence-electron chi connectivity index (χ1n) is 7.05. The molecule has 0 aliphatic heterocycles. The number of halogens is 2. The van der Waals surface area contributed by atoms with E-state index in [9.17, 15) is 0 Å². The van der Waals surface area contributed by atoms with Gasteiger partial charge in [-0.15, -0.1) is 0 Å². The van der Waals surface area contributed by atoms with Crippen LogP contribution in [0.15, 0.2) is 42.5 Å². The fourth-order valence-corrected chi connectivity index (χ4v) is 3.24. The highest BCUT2D eigenvalue weighted by atomic mass is 127. The minimum absolute atomic E-state index is 0.157. The summed E-state index contributed by atoms with van der Waals surface area (Å²) in [6.07, 6.45) is 0. The second-order valence-corrected chi connectivity index (χ2v) is 7.86. The third-order valence-corrected chi connectivity index (χ3v) is 4.89. The van der Waals surface area contributed by atoms with Crippen LogP contribution in [0, 0.1) is 3.57 Å². The monoisotopic (exact) mass is 413 g/mol. The molecule has 1 unspecified atom stereocenters. The molecule has 0 heterocycles. The van der Waals surface area contributed by atoms with Gasteiger partial charge in [0.15, 0.2) is 0 Å². The zero-order valence-corrected chi connectivity index (χ0v) is 15.8. The maximum atomic E-state index is 6.16. The Balaban J connectivity index is 2.40. The van der Waals surface area contributed by atoms with Crippen molar-refractivity contribution < 1.29 is 0 Å². The third-order valence-electron chi connectivity index (χ3n) is 3.67. The first kappa shape index (κ1) is 16.8. The highest BCUT2D eigenvalue weighted by molar-refractivity contribution is 14.1. The lowest BCUT2D eigenvalue weighted by atomic mass is 9.86. The van der Waals surface area contributed by atoms with Crippen LogP contribution < -0.4 is 5.32 Å². The van der Waals surface area contributed by atoms with Crippen LogP contribution in [0.5, 0.6) is 0 Å². The van der Waals surface area contributed by atoms with Gasteiger partial charge >= 0.3 is 0 Å². The zero-order chi connectivity index (χ0) is 15.6. The van der Waals surface area contributed by atoms with Gasteiger partial charge in [0.2, 0.25) is 0 Å². The number of rotatable bonds is 3. The smallest absolute Gasteiger partial charge is 0.0585 e. The molecule has 2 aromatic carbocycles. The average Bonchev–Trinajstić information content (AvgIpc) is 2.43. The summed E-state index contributed by atoms with van der Waals surface area (Å²) in [6, 6.07) is 15.0. The Morgan fingerprint density at radius 1 is 1.05 bits per heavy atom. The zero-order valence-electron chi connectivity index (χ0n) is 12.9. The van der Waals surface area contributed by atoms with E-state index in [0.29, 0.717) is 0 Å². The van der Waals surface area contributed by atoms with Crippen molar-refractivity contribution in [3.63, 3.8) is 0 Å². The summed E-state index contributed by atoms with van der Waals surface area (Å²) < 4.78 is 1.22. The normalized spacial score (nSPS) is 13.2. The summed E-state index contributed by atoms with van der Waals surface area (Å²) in [5.41, 5.74) is 4.00. The van der Waals surface area contributed by atoms with E-state index in [1.165, 1.54) is 20.3 Å². The first-order valence-corrected chi connectivity index (χ1v) is 8.51. The molecule has 0 radical (unpaired) electrons. The number of nitrogens with one attached hydrogen (secondary N) is 1. The van der Waals surface area contributed by atoms with Gasteiger partial charge in [-0.2, -0.15) is 0 Å². The van der Waals surface area contributed by atoms with E-state index < -0.39 is 0 Å². The molecule has 0 aliphatic carbocycles. The third kappa shape index (κ3) is 3.99. The molecule has 0 aliphatic rings. The minimum Gasteiger partial charge on any atom is -0.309 e. The van der Waals surface area contributed by atoms with Crippen LogP contribution in [0.1, 0.15) is 43.5 Å². The van der Waals surface area contributed by atoms with Crippen molar-refractivity contribution in [2.75, 3.05) is 7.05 Å². The van der Waals surface area contributed by atoms with Crippen molar-refractivity contribution in [2.24, 2.45) is 0 Å². The van der Waals surface area contributed by atoms with E-state index >= 15 is 0 Å². The molecule has 1 nitrogen and oxygen atoms in total. The van der Waals surface area contributed by atoms with Gasteiger partial charge in [-0.3, -0.25) is 0 Å². The van der Waals surface area contributed by atoms with Crippen molar-refractivity contribution in [3.8, 4) is 0 Å². The number of hydrogen-bond acceptors (Lipinski definition) is 1. The molecule has 0 saturated carbocycles. The second-order valence-electron chi connectivity index (χ2n) is 6.26. The molecule has 1 atom stereocenters. The fourth-order valence-electron chi connectivity index (χ4n) is 2.41. The van der Waals surface area contributed by atoms with E-state index in [0.717, 1.165) is 5.02 Å². The van der Waals surface area contributed by atoms with Gasteiger partial charge in [-0.25, -0.2) is 0 Å². The molecule has 21 heavy (non-hydrogen) atoms. The van der Waals surface area contributed by atoms with Crippen molar-refractivity contribution >= 4 is 34.2 Å². The maximum absolute atomic E-state index is 6.16. The van der Waals surface area contributed by atoms with Gasteiger partial charge in [-0.05, 0) is 69.9 Å². The van der Waals surface area contributed by atoms with Crippen molar-refractivity contribution in [1.82, 2.24) is 5.32 Å². The van der Waals surface area contributed by atoms with Gasteiger partial charge in [0.25, 0.3) is 0 Å². The van der Waals surface area contributed by atoms with Gasteiger partial charge in [0.1, 0.15) is 0 Å². The Labute approximate surface area is 146 Å². The molecule has 0 saturated heterocycles. The van der Waals surface area contributed by atoms with E-state index in [1.54, 1.807) is 0 Å². The van der Waals surface area contributed by atoms with Crippen molar-refractivity contribution in [1.29, 1.82) is 0 Å². The lowest BCUT2D eigenvalue weighted by molar-refractivity contribution is 0.589. The second kappa shape index (κ2) is 6.67. The molecule has 0 aromatic heterocycles. The van der Waals surface area contributed by atoms with Gasteiger partial charge in [0.05, 0.1) is 6.04 Å². The molecule has 1 N–H and O–H groups in total. The molecular weight excluding hydrogens is 393 g/mol. The summed E-state index contributed by atoms with van der Waals surface area (Å²) in [4.78, 5) is 0. The Morgan fingerprint density at radius 3 is 2.19 bits per heavy atom. The molecular formula is C18H21ClIN. The van der Waals surface area contributed by atoms with E-state index in [1.807, 2.05) is 19.2 Å². The lowest BCUT2D eigenvalue weighted by Crippen LogP contribution is -2.19. The molecule has 2 aromatic rings. The Morgan fingerprint density at radius 2 is 1.67 bits per heavy atom. The predicted molar refractivity (Wildman–Crippen MR) is 100 cm³/mol. The summed E-state index contributed by atoms with van der Waals surface area (Å²) in [5, 5.41) is 4.17. The summed E-state index contributed by atoms with van der Waals surface area (Å²) in [5.74, 6) is 0. The maximum Gasteiger partial charge on any atom is 0.0585 e. The van der Waals surface area contributed by atoms with Gasteiger partial charge in [-0.1, -0.05) is 56.6 Å². The number of benzene rings is 2. The number of hydrogen-bond donors (Lipinski definition) is 1. The van der Waals surface area contributed by atoms with Gasteiger partial charge < -0.3 is 5.32 Å². The molecule has 112 valence electrons. The van der Waals surface area contributed by atoms with Crippen LogP contribution in [-0.2, 0) is 5.41 Å². The molecule has 2 rings (SSSR count). The van der Waals surface area contributed by atoms with E-state index in [-0.39, 0.29) is 11.5 Å². The van der Waals surface area contributed by atoms with Crippen LogP contribution >= 0.6 is 34.2 Å². The van der Waals surface area contributed by atoms with Crippen molar-refractivity contribution in [2.45, 2.75) is 32.2 Å². The summed E-state index contributed by atoms with van der Waals surface area (Å²) in [6.45, 7) is 6.70. The average molecular weight is 414 g/mol. The minimum atomic E-state index is 0.157. The SMILES string of the molecule is CNC(c1ccc(C(C)(C)C)cc1)c1cc(Cl)ccc1I. The Kier molecular flexibility index (Phi) is 5.33. The van der Waals surface area contributed by atoms with Crippen LogP contribution in [0.3, 0.4) is 0 Å². The fraction of sp³-hybridized carbons (Fsp3) is 0.333. The molecule has 0 fully saturated rings. The lowest BCUT2D eigenvalue weighted by Gasteiger charge is -2.22. The Bertz CT molecular complexity index is 614. The van der Waals surface area contributed by atoms with E-state index in [2.05, 4.69) is 79.0 Å². The van der Waals surface area contributed by atoms with Crippen LogP contribution in [0.2, 0.25) is 5.02 Å². The summed E-state index contributed by atoms with van der Waals surface area (Å²) in [7, 11) is 1.99.